The molecule has 0 radical (unpaired) electrons. The third-order valence-corrected chi connectivity index (χ3v) is 3.40. The van der Waals surface area contributed by atoms with Crippen molar-refractivity contribution in [1.29, 1.82) is 0 Å². The van der Waals surface area contributed by atoms with Gasteiger partial charge in [0.05, 0.1) is 5.41 Å². The lowest BCUT2D eigenvalue weighted by atomic mass is 9.74. The van der Waals surface area contributed by atoms with E-state index in [1.807, 2.05) is 0 Å². The Bertz CT molecular complexity index is 441. The second-order valence-electron chi connectivity index (χ2n) is 6.30. The van der Waals surface area contributed by atoms with Crippen LogP contribution in [0.5, 0.6) is 11.8 Å². The van der Waals surface area contributed by atoms with E-state index in [1.54, 1.807) is 13.8 Å². The molecule has 0 aliphatic carbocycles. The molecule has 1 aromatic heterocycles. The lowest BCUT2D eigenvalue weighted by molar-refractivity contribution is -0.157. The van der Waals surface area contributed by atoms with Gasteiger partial charge in [0.2, 0.25) is 11.8 Å². The predicted octanol–water partition coefficient (Wildman–Crippen LogP) is 2.71. The Kier molecular flexibility index (Phi) is 4.18. The molecule has 0 fully saturated rings. The van der Waals surface area contributed by atoms with Gasteiger partial charge in [0, 0.05) is 12.1 Å². The molecule has 1 aromatic rings. The van der Waals surface area contributed by atoms with Crippen molar-refractivity contribution in [1.82, 2.24) is 4.73 Å². The topological polar surface area (TPSA) is 71.7 Å². The maximum Gasteiger partial charge on any atom is 0.338 e. The van der Waals surface area contributed by atoms with E-state index in [0.717, 1.165) is 11.2 Å². The number of aromatic nitrogens is 1. The van der Waals surface area contributed by atoms with Crippen molar-refractivity contribution in [2.24, 2.45) is 10.8 Å². The zero-order chi connectivity index (χ0) is 14.8. The molecular formula is C14H23NO4. The summed E-state index contributed by atoms with van der Waals surface area (Å²) in [5.41, 5.74) is -0.689. The molecule has 1 rings (SSSR count). The van der Waals surface area contributed by atoms with Gasteiger partial charge in [0.15, 0.2) is 0 Å². The smallest absolute Gasteiger partial charge is 0.338 e. The molecule has 0 unspecified atom stereocenters. The number of nitrogens with zero attached hydrogens (tertiary/aromatic N) is 1. The first-order valence-electron chi connectivity index (χ1n) is 6.41. The number of aromatic hydroxyl groups is 2. The van der Waals surface area contributed by atoms with E-state index >= 15 is 0 Å². The van der Waals surface area contributed by atoms with Crippen LogP contribution < -0.4 is 4.84 Å². The first kappa shape index (κ1) is 15.4. The molecule has 5 heteroatoms. The molecule has 0 aromatic carbocycles. The second kappa shape index (κ2) is 5.15. The number of hydrogen-bond acceptors (Lipinski definition) is 4. The Morgan fingerprint density at radius 2 is 1.68 bits per heavy atom. The van der Waals surface area contributed by atoms with Crippen LogP contribution >= 0.6 is 0 Å². The van der Waals surface area contributed by atoms with Gasteiger partial charge in [0.1, 0.15) is 0 Å². The van der Waals surface area contributed by atoms with Crippen molar-refractivity contribution in [3.63, 3.8) is 0 Å². The van der Waals surface area contributed by atoms with Crippen molar-refractivity contribution in [3.05, 3.63) is 12.1 Å². The third kappa shape index (κ3) is 3.66. The summed E-state index contributed by atoms with van der Waals surface area (Å²) >= 11 is 0. The molecule has 0 saturated carbocycles. The zero-order valence-corrected chi connectivity index (χ0v) is 12.2. The quantitative estimate of drug-likeness (QED) is 0.862. The van der Waals surface area contributed by atoms with Crippen LogP contribution in [0, 0.1) is 10.8 Å². The van der Waals surface area contributed by atoms with Gasteiger partial charge in [-0.3, -0.25) is 0 Å². The Labute approximate surface area is 113 Å². The normalized spacial score (nSPS) is 12.5. The van der Waals surface area contributed by atoms with Crippen molar-refractivity contribution >= 4 is 5.97 Å². The summed E-state index contributed by atoms with van der Waals surface area (Å²) in [6.45, 7) is 9.85. The first-order valence-corrected chi connectivity index (χ1v) is 6.41. The van der Waals surface area contributed by atoms with Gasteiger partial charge in [-0.1, -0.05) is 27.2 Å². The molecule has 108 valence electrons. The third-order valence-electron chi connectivity index (χ3n) is 3.40. The summed E-state index contributed by atoms with van der Waals surface area (Å²) < 4.78 is 0.725. The van der Waals surface area contributed by atoms with Gasteiger partial charge in [-0.2, -0.15) is 0 Å². The molecule has 0 amide bonds. The molecule has 1 heterocycles. The minimum atomic E-state index is -0.706. The molecule has 5 nitrogen and oxygen atoms in total. The Balaban J connectivity index is 2.83. The highest BCUT2D eigenvalue weighted by molar-refractivity contribution is 5.76. The van der Waals surface area contributed by atoms with Crippen LogP contribution in [0.15, 0.2) is 12.1 Å². The fraction of sp³-hybridized carbons (Fsp3) is 0.643. The lowest BCUT2D eigenvalue weighted by Crippen LogP contribution is -2.36. The minimum Gasteiger partial charge on any atom is -0.492 e. The molecule has 0 aliphatic heterocycles. The Morgan fingerprint density at radius 3 is 2.11 bits per heavy atom. The molecule has 0 saturated heterocycles. The number of hydrogen-bond donors (Lipinski definition) is 2. The van der Waals surface area contributed by atoms with Gasteiger partial charge < -0.3 is 15.1 Å². The first-order chi connectivity index (χ1) is 8.59. The SMILES string of the molecule is CCC(C)(C)CC(C)(C)C(=O)On1c(O)ccc1O. The fourth-order valence-corrected chi connectivity index (χ4v) is 2.10. The van der Waals surface area contributed by atoms with Crippen molar-refractivity contribution in [2.45, 2.75) is 47.5 Å². The number of rotatable bonds is 5. The molecule has 0 aliphatic rings. The van der Waals surface area contributed by atoms with E-state index in [9.17, 15) is 15.0 Å². The summed E-state index contributed by atoms with van der Waals surface area (Å²) in [7, 11) is 0. The largest absolute Gasteiger partial charge is 0.492 e. The molecule has 2 N–H and O–H groups in total. The fourth-order valence-electron chi connectivity index (χ4n) is 2.10. The lowest BCUT2D eigenvalue weighted by Gasteiger charge is -2.32. The van der Waals surface area contributed by atoms with Gasteiger partial charge in [0.25, 0.3) is 0 Å². The highest BCUT2D eigenvalue weighted by Crippen LogP contribution is 2.36. The summed E-state index contributed by atoms with van der Waals surface area (Å²) in [5, 5.41) is 18.9. The maximum atomic E-state index is 12.2. The van der Waals surface area contributed by atoms with E-state index < -0.39 is 11.4 Å². The summed E-state index contributed by atoms with van der Waals surface area (Å²) in [5.74, 6) is -1.11. The summed E-state index contributed by atoms with van der Waals surface area (Å²) in [4.78, 5) is 17.2. The second-order valence-corrected chi connectivity index (χ2v) is 6.30. The van der Waals surface area contributed by atoms with E-state index in [0.29, 0.717) is 6.42 Å². The molecular weight excluding hydrogens is 246 g/mol. The number of carbonyl (C=O) groups excluding carboxylic acids is 1. The van der Waals surface area contributed by atoms with Crippen LogP contribution in [-0.2, 0) is 4.79 Å². The van der Waals surface area contributed by atoms with Crippen molar-refractivity contribution in [2.75, 3.05) is 0 Å². The van der Waals surface area contributed by atoms with Crippen LogP contribution in [-0.4, -0.2) is 20.9 Å². The van der Waals surface area contributed by atoms with Gasteiger partial charge in [-0.15, -0.1) is 4.73 Å². The Morgan fingerprint density at radius 1 is 1.21 bits per heavy atom. The van der Waals surface area contributed by atoms with Crippen molar-refractivity contribution < 1.29 is 19.8 Å². The molecule has 0 spiro atoms. The van der Waals surface area contributed by atoms with Crippen molar-refractivity contribution in [3.8, 4) is 11.8 Å². The van der Waals surface area contributed by atoms with Crippen LogP contribution in [0.1, 0.15) is 47.5 Å². The van der Waals surface area contributed by atoms with Crippen LogP contribution in [0.25, 0.3) is 0 Å². The van der Waals surface area contributed by atoms with E-state index in [1.165, 1.54) is 12.1 Å². The van der Waals surface area contributed by atoms with Crippen LogP contribution in [0.4, 0.5) is 0 Å². The number of carbonyl (C=O) groups is 1. The predicted molar refractivity (Wildman–Crippen MR) is 71.8 cm³/mol. The minimum absolute atomic E-state index is 0.0172. The molecule has 19 heavy (non-hydrogen) atoms. The zero-order valence-electron chi connectivity index (χ0n) is 12.2. The van der Waals surface area contributed by atoms with Crippen LogP contribution in [0.3, 0.4) is 0 Å². The summed E-state index contributed by atoms with van der Waals surface area (Å²) in [6, 6.07) is 2.51. The average Bonchev–Trinajstić information content (AvgIpc) is 2.59. The summed E-state index contributed by atoms with van der Waals surface area (Å²) in [6.07, 6.45) is 1.60. The van der Waals surface area contributed by atoms with Gasteiger partial charge in [-0.05, 0) is 25.7 Å². The van der Waals surface area contributed by atoms with Gasteiger partial charge >= 0.3 is 5.97 Å². The van der Waals surface area contributed by atoms with Crippen LogP contribution in [0.2, 0.25) is 0 Å². The molecule has 0 bridgehead atoms. The van der Waals surface area contributed by atoms with E-state index in [-0.39, 0.29) is 17.2 Å². The van der Waals surface area contributed by atoms with Gasteiger partial charge in [-0.25, -0.2) is 4.79 Å². The van der Waals surface area contributed by atoms with E-state index in [4.69, 9.17) is 4.84 Å². The monoisotopic (exact) mass is 269 g/mol. The molecule has 0 atom stereocenters. The maximum absolute atomic E-state index is 12.2. The highest BCUT2D eigenvalue weighted by atomic mass is 16.7. The average molecular weight is 269 g/mol. The Hall–Kier alpha value is -1.65. The van der Waals surface area contributed by atoms with E-state index in [2.05, 4.69) is 20.8 Å². The standard InChI is InChI=1S/C14H23NO4/c1-6-13(2,3)9-14(4,5)12(18)19-15-10(16)7-8-11(15)17/h7-8,16-17H,6,9H2,1-5H3. The highest BCUT2D eigenvalue weighted by Gasteiger charge is 2.36.